The Bertz CT molecular complexity index is 691. The highest BCUT2D eigenvalue weighted by Crippen LogP contribution is 2.39. The van der Waals surface area contributed by atoms with Crippen LogP contribution in [0, 0.1) is 4.64 Å². The molecule has 1 unspecified atom stereocenters. The first kappa shape index (κ1) is 13.0. The zero-order valence-corrected chi connectivity index (χ0v) is 13.3. The summed E-state index contributed by atoms with van der Waals surface area (Å²) < 4.78 is 1.58. The smallest absolute Gasteiger partial charge is 0.144 e. The van der Waals surface area contributed by atoms with Crippen molar-refractivity contribution >= 4 is 28.1 Å². The van der Waals surface area contributed by atoms with Gasteiger partial charge in [0.2, 0.25) is 0 Å². The molecule has 1 aromatic heterocycles. The molecule has 0 aliphatic heterocycles. The van der Waals surface area contributed by atoms with Crippen molar-refractivity contribution in [2.75, 3.05) is 0 Å². The summed E-state index contributed by atoms with van der Waals surface area (Å²) in [7, 11) is 0. The number of aromatic amines is 1. The Morgan fingerprint density at radius 1 is 1.37 bits per heavy atom. The molecule has 0 saturated carbocycles. The van der Waals surface area contributed by atoms with E-state index in [4.69, 9.17) is 12.2 Å². The molecule has 4 heteroatoms. The van der Waals surface area contributed by atoms with E-state index >= 15 is 0 Å². The van der Waals surface area contributed by atoms with Crippen LogP contribution in [0.4, 0.5) is 0 Å². The van der Waals surface area contributed by atoms with E-state index in [1.165, 1.54) is 11.1 Å². The van der Waals surface area contributed by atoms with Gasteiger partial charge in [0, 0.05) is 11.6 Å². The van der Waals surface area contributed by atoms with Gasteiger partial charge in [0.05, 0.1) is 4.47 Å². The lowest BCUT2D eigenvalue weighted by atomic mass is 9.77. The van der Waals surface area contributed by atoms with E-state index < -0.39 is 0 Å². The molecule has 1 atom stereocenters. The molecule has 1 aliphatic carbocycles. The summed E-state index contributed by atoms with van der Waals surface area (Å²) in [5, 5.41) is 0. The molecule has 0 saturated heterocycles. The van der Waals surface area contributed by atoms with Gasteiger partial charge in [0.1, 0.15) is 10.5 Å². The molecule has 0 bridgehead atoms. The van der Waals surface area contributed by atoms with Gasteiger partial charge in [-0.1, -0.05) is 50.3 Å². The van der Waals surface area contributed by atoms with Gasteiger partial charge in [-0.25, -0.2) is 4.98 Å². The molecular weight excluding hydrogens is 320 g/mol. The zero-order valence-electron chi connectivity index (χ0n) is 10.9. The van der Waals surface area contributed by atoms with Gasteiger partial charge >= 0.3 is 0 Å². The highest BCUT2D eigenvalue weighted by molar-refractivity contribution is 9.10. The van der Waals surface area contributed by atoms with E-state index in [0.29, 0.717) is 16.5 Å². The van der Waals surface area contributed by atoms with Crippen LogP contribution in [0.25, 0.3) is 0 Å². The van der Waals surface area contributed by atoms with Crippen molar-refractivity contribution in [2.45, 2.75) is 32.1 Å². The summed E-state index contributed by atoms with van der Waals surface area (Å²) in [6.07, 6.45) is 1.05. The molecule has 0 spiro atoms. The fourth-order valence-corrected chi connectivity index (χ4v) is 3.41. The normalized spacial score (nSPS) is 17.2. The average Bonchev–Trinajstić information content (AvgIpc) is 2.34. The van der Waals surface area contributed by atoms with Crippen LogP contribution in [-0.2, 0) is 6.42 Å². The van der Waals surface area contributed by atoms with Crippen molar-refractivity contribution < 1.29 is 0 Å². The number of H-pyrrole nitrogens is 1. The Hall–Kier alpha value is -1.00. The Kier molecular flexibility index (Phi) is 3.31. The second-order valence-electron chi connectivity index (χ2n) is 5.27. The topological polar surface area (TPSA) is 28.7 Å². The minimum Gasteiger partial charge on any atom is -0.345 e. The molecule has 1 N–H and O–H groups in total. The lowest BCUT2D eigenvalue weighted by Crippen LogP contribution is -2.21. The molecule has 1 heterocycles. The summed E-state index contributed by atoms with van der Waals surface area (Å²) in [6.45, 7) is 4.31. The minimum absolute atomic E-state index is 0.364. The van der Waals surface area contributed by atoms with Gasteiger partial charge in [-0.15, -0.1) is 0 Å². The molecule has 98 valence electrons. The minimum atomic E-state index is 0.364. The maximum atomic E-state index is 5.36. The van der Waals surface area contributed by atoms with Crippen molar-refractivity contribution in [1.29, 1.82) is 0 Å². The number of hydrogen-bond donors (Lipinski definition) is 1. The van der Waals surface area contributed by atoms with Crippen LogP contribution in [0.3, 0.4) is 0 Å². The molecule has 2 aromatic rings. The Morgan fingerprint density at radius 3 is 2.79 bits per heavy atom. The van der Waals surface area contributed by atoms with Crippen LogP contribution in [0.2, 0.25) is 0 Å². The third-order valence-corrected chi connectivity index (χ3v) is 5.03. The third kappa shape index (κ3) is 2.17. The molecule has 0 amide bonds. The van der Waals surface area contributed by atoms with Gasteiger partial charge < -0.3 is 4.98 Å². The first-order valence-corrected chi connectivity index (χ1v) is 7.65. The third-order valence-electron chi connectivity index (χ3n) is 3.67. The largest absolute Gasteiger partial charge is 0.345 e. The number of nitrogens with one attached hydrogen (secondary N) is 1. The van der Waals surface area contributed by atoms with Crippen LogP contribution in [-0.4, -0.2) is 9.97 Å². The fraction of sp³-hybridized carbons (Fsp3) is 0.333. The molecule has 0 radical (unpaired) electrons. The Labute approximate surface area is 126 Å². The lowest BCUT2D eigenvalue weighted by Gasteiger charge is -2.29. The highest BCUT2D eigenvalue weighted by atomic mass is 79.9. The number of halogens is 1. The number of rotatable bonds is 2. The van der Waals surface area contributed by atoms with Gasteiger partial charge in [0.25, 0.3) is 0 Å². The van der Waals surface area contributed by atoms with E-state index in [-0.39, 0.29) is 0 Å². The maximum absolute atomic E-state index is 5.36. The lowest BCUT2D eigenvalue weighted by molar-refractivity contribution is 0.643. The van der Waals surface area contributed by atoms with Crippen molar-refractivity contribution in [3.05, 3.63) is 56.0 Å². The van der Waals surface area contributed by atoms with E-state index in [2.05, 4.69) is 64.0 Å². The van der Waals surface area contributed by atoms with Gasteiger partial charge in [-0.3, -0.25) is 0 Å². The van der Waals surface area contributed by atoms with Crippen molar-refractivity contribution in [1.82, 2.24) is 9.97 Å². The monoisotopic (exact) mass is 334 g/mol. The average molecular weight is 335 g/mol. The van der Waals surface area contributed by atoms with Crippen LogP contribution in [0.1, 0.15) is 48.3 Å². The number of hydrogen-bond acceptors (Lipinski definition) is 2. The molecule has 2 nitrogen and oxygen atoms in total. The van der Waals surface area contributed by atoms with E-state index in [1.54, 1.807) is 0 Å². The van der Waals surface area contributed by atoms with Gasteiger partial charge in [-0.05, 0) is 39.4 Å². The first-order valence-electron chi connectivity index (χ1n) is 6.45. The maximum Gasteiger partial charge on any atom is 0.144 e. The van der Waals surface area contributed by atoms with Crippen LogP contribution in [0.15, 0.2) is 28.7 Å². The fourth-order valence-electron chi connectivity index (χ4n) is 2.56. The van der Waals surface area contributed by atoms with Crippen LogP contribution < -0.4 is 0 Å². The Balaban J connectivity index is 2.07. The highest BCUT2D eigenvalue weighted by Gasteiger charge is 2.29. The summed E-state index contributed by atoms with van der Waals surface area (Å²) in [5.74, 6) is 1.76. The predicted octanol–water partition coefficient (Wildman–Crippen LogP) is 4.71. The second-order valence-corrected chi connectivity index (χ2v) is 6.44. The zero-order chi connectivity index (χ0) is 13.6. The SMILES string of the molecule is CC(C)c1[nH]c(C2Cc3ccccc32)nc(=S)c1Br. The van der Waals surface area contributed by atoms with Crippen molar-refractivity contribution in [3.63, 3.8) is 0 Å². The Morgan fingerprint density at radius 2 is 2.11 bits per heavy atom. The molecular formula is C15H15BrN2S. The van der Waals surface area contributed by atoms with Crippen LogP contribution in [0.5, 0.6) is 0 Å². The van der Waals surface area contributed by atoms with Gasteiger partial charge in [0.15, 0.2) is 0 Å². The van der Waals surface area contributed by atoms with E-state index in [1.807, 2.05) is 0 Å². The molecule has 1 aromatic carbocycles. The first-order chi connectivity index (χ1) is 9.08. The number of benzene rings is 1. The summed E-state index contributed by atoms with van der Waals surface area (Å²) in [6, 6.07) is 8.54. The second kappa shape index (κ2) is 4.84. The molecule has 3 rings (SSSR count). The number of fused-ring (bicyclic) bond motifs is 1. The van der Waals surface area contributed by atoms with Crippen molar-refractivity contribution in [3.8, 4) is 0 Å². The van der Waals surface area contributed by atoms with E-state index in [0.717, 1.165) is 22.4 Å². The quantitative estimate of drug-likeness (QED) is 0.805. The van der Waals surface area contributed by atoms with Crippen molar-refractivity contribution in [2.24, 2.45) is 0 Å². The number of aromatic nitrogens is 2. The predicted molar refractivity (Wildman–Crippen MR) is 83.2 cm³/mol. The summed E-state index contributed by atoms with van der Waals surface area (Å²) in [4.78, 5) is 8.02. The molecule has 1 aliphatic rings. The molecule has 0 fully saturated rings. The summed E-state index contributed by atoms with van der Waals surface area (Å²) in [5.41, 5.74) is 3.93. The van der Waals surface area contributed by atoms with Gasteiger partial charge in [-0.2, -0.15) is 0 Å². The molecule has 19 heavy (non-hydrogen) atoms. The standard InChI is InChI=1S/C15H15BrN2S/c1-8(2)13-12(16)15(19)18-14(17-13)11-7-9-5-3-4-6-10(9)11/h3-6,8,11H,7H2,1-2H3,(H,17,18,19). The summed E-state index contributed by atoms with van der Waals surface area (Å²) >= 11 is 8.90. The van der Waals surface area contributed by atoms with E-state index in [9.17, 15) is 0 Å². The number of nitrogens with zero attached hydrogens (tertiary/aromatic N) is 1. The van der Waals surface area contributed by atoms with Crippen LogP contribution >= 0.6 is 28.1 Å².